The van der Waals surface area contributed by atoms with Crippen LogP contribution in [0.2, 0.25) is 0 Å². The lowest BCUT2D eigenvalue weighted by molar-refractivity contribution is -0.113. The molecule has 98 valence electrons. The quantitative estimate of drug-likeness (QED) is 0.833. The normalized spacial score (nSPS) is 10.2. The van der Waals surface area contributed by atoms with Gasteiger partial charge in [0.25, 0.3) is 0 Å². The predicted octanol–water partition coefficient (Wildman–Crippen LogP) is 2.55. The van der Waals surface area contributed by atoms with Gasteiger partial charge in [0.1, 0.15) is 0 Å². The van der Waals surface area contributed by atoms with Crippen molar-refractivity contribution in [2.45, 2.75) is 20.0 Å². The highest BCUT2D eigenvalue weighted by atomic mass is 32.2. The SMILES string of the molecule is CSCC(=O)Nc1ccc(C(=O)OC(C)C)cc1. The van der Waals surface area contributed by atoms with E-state index in [9.17, 15) is 9.59 Å². The van der Waals surface area contributed by atoms with E-state index in [-0.39, 0.29) is 18.0 Å². The van der Waals surface area contributed by atoms with Crippen molar-refractivity contribution in [2.75, 3.05) is 17.3 Å². The van der Waals surface area contributed by atoms with Crippen molar-refractivity contribution < 1.29 is 14.3 Å². The van der Waals surface area contributed by atoms with Gasteiger partial charge in [-0.15, -0.1) is 0 Å². The van der Waals surface area contributed by atoms with Crippen LogP contribution in [0.1, 0.15) is 24.2 Å². The summed E-state index contributed by atoms with van der Waals surface area (Å²) in [5, 5.41) is 2.74. The highest BCUT2D eigenvalue weighted by Gasteiger charge is 2.09. The first-order chi connectivity index (χ1) is 8.52. The summed E-state index contributed by atoms with van der Waals surface area (Å²) < 4.78 is 5.07. The number of carbonyl (C=O) groups is 2. The molecule has 0 aliphatic rings. The largest absolute Gasteiger partial charge is 0.459 e. The third-order valence-corrected chi connectivity index (χ3v) is 2.57. The molecule has 0 heterocycles. The number of ether oxygens (including phenoxy) is 1. The Hall–Kier alpha value is -1.49. The average molecular weight is 267 g/mol. The molecule has 4 nitrogen and oxygen atoms in total. The summed E-state index contributed by atoms with van der Waals surface area (Å²) in [7, 11) is 0. The van der Waals surface area contributed by atoms with E-state index in [1.807, 2.05) is 6.26 Å². The Balaban J connectivity index is 2.62. The van der Waals surface area contributed by atoms with Gasteiger partial charge in [-0.2, -0.15) is 11.8 Å². The molecule has 0 bridgehead atoms. The summed E-state index contributed by atoms with van der Waals surface area (Å²) in [5.41, 5.74) is 1.15. The second-order valence-corrected chi connectivity index (χ2v) is 4.88. The van der Waals surface area contributed by atoms with Crippen molar-refractivity contribution in [2.24, 2.45) is 0 Å². The lowest BCUT2D eigenvalue weighted by Crippen LogP contribution is -2.14. The standard InChI is InChI=1S/C13H17NO3S/c1-9(2)17-13(16)10-4-6-11(7-5-10)14-12(15)8-18-3/h4-7,9H,8H2,1-3H3,(H,14,15). The Morgan fingerprint density at radius 1 is 1.28 bits per heavy atom. The fourth-order valence-corrected chi connectivity index (χ4v) is 1.63. The lowest BCUT2D eigenvalue weighted by Gasteiger charge is -2.08. The van der Waals surface area contributed by atoms with E-state index >= 15 is 0 Å². The van der Waals surface area contributed by atoms with Crippen LogP contribution in [-0.2, 0) is 9.53 Å². The summed E-state index contributed by atoms with van der Waals surface area (Å²) in [4.78, 5) is 22.9. The first kappa shape index (κ1) is 14.6. The number of nitrogens with one attached hydrogen (secondary N) is 1. The molecule has 18 heavy (non-hydrogen) atoms. The van der Waals surface area contributed by atoms with Crippen molar-refractivity contribution >= 4 is 29.3 Å². The molecule has 1 aromatic carbocycles. The number of amides is 1. The lowest BCUT2D eigenvalue weighted by atomic mass is 10.2. The van der Waals surface area contributed by atoms with E-state index in [4.69, 9.17) is 4.74 Å². The van der Waals surface area contributed by atoms with Gasteiger partial charge >= 0.3 is 5.97 Å². The molecule has 0 saturated heterocycles. The van der Waals surface area contributed by atoms with Gasteiger partial charge < -0.3 is 10.1 Å². The molecule has 1 N–H and O–H groups in total. The zero-order valence-electron chi connectivity index (χ0n) is 10.7. The van der Waals surface area contributed by atoms with Gasteiger partial charge in [0.15, 0.2) is 0 Å². The maximum atomic E-state index is 11.6. The van der Waals surface area contributed by atoms with E-state index < -0.39 is 0 Å². The second-order valence-electron chi connectivity index (χ2n) is 4.01. The molecule has 0 fully saturated rings. The van der Waals surface area contributed by atoms with E-state index in [0.29, 0.717) is 17.0 Å². The summed E-state index contributed by atoms with van der Waals surface area (Å²) in [5.74, 6) is 0.00364. The van der Waals surface area contributed by atoms with Crippen molar-refractivity contribution in [3.05, 3.63) is 29.8 Å². The van der Waals surface area contributed by atoms with Gasteiger partial charge in [0, 0.05) is 5.69 Å². The van der Waals surface area contributed by atoms with Crippen molar-refractivity contribution in [3.63, 3.8) is 0 Å². The molecule has 0 unspecified atom stereocenters. The summed E-state index contributed by atoms with van der Waals surface area (Å²) in [6.07, 6.45) is 1.73. The van der Waals surface area contributed by atoms with Gasteiger partial charge in [0.2, 0.25) is 5.91 Å². The third kappa shape index (κ3) is 4.79. The highest BCUT2D eigenvalue weighted by molar-refractivity contribution is 7.99. The van der Waals surface area contributed by atoms with E-state index in [2.05, 4.69) is 5.32 Å². The van der Waals surface area contributed by atoms with Crippen LogP contribution in [-0.4, -0.2) is 30.0 Å². The van der Waals surface area contributed by atoms with Gasteiger partial charge in [-0.1, -0.05) is 0 Å². The molecule has 5 heteroatoms. The zero-order valence-corrected chi connectivity index (χ0v) is 11.5. The fourth-order valence-electron chi connectivity index (χ4n) is 1.30. The zero-order chi connectivity index (χ0) is 13.5. The minimum absolute atomic E-state index is 0.0555. The molecule has 0 aliphatic carbocycles. The van der Waals surface area contributed by atoms with E-state index in [0.717, 1.165) is 0 Å². The average Bonchev–Trinajstić information content (AvgIpc) is 2.29. The number of thioether (sulfide) groups is 1. The molecule has 0 aromatic heterocycles. The van der Waals surface area contributed by atoms with Crippen molar-refractivity contribution in [1.29, 1.82) is 0 Å². The number of esters is 1. The van der Waals surface area contributed by atoms with Crippen LogP contribution in [0.25, 0.3) is 0 Å². The first-order valence-corrected chi connectivity index (χ1v) is 7.02. The van der Waals surface area contributed by atoms with Crippen molar-refractivity contribution in [3.8, 4) is 0 Å². The molecule has 1 amide bonds. The minimum Gasteiger partial charge on any atom is -0.459 e. The summed E-state index contributed by atoms with van der Waals surface area (Å²) in [6, 6.07) is 6.66. The maximum Gasteiger partial charge on any atom is 0.338 e. The molecule has 0 spiro atoms. The number of anilines is 1. The van der Waals surface area contributed by atoms with Crippen LogP contribution in [0.3, 0.4) is 0 Å². The number of benzene rings is 1. The van der Waals surface area contributed by atoms with Crippen LogP contribution in [0.4, 0.5) is 5.69 Å². The van der Waals surface area contributed by atoms with Crippen molar-refractivity contribution in [1.82, 2.24) is 0 Å². The highest BCUT2D eigenvalue weighted by Crippen LogP contribution is 2.11. The van der Waals surface area contributed by atoms with Crippen LogP contribution in [0, 0.1) is 0 Å². The molecule has 0 radical (unpaired) electrons. The third-order valence-electron chi connectivity index (χ3n) is 2.02. The summed E-state index contributed by atoms with van der Waals surface area (Å²) in [6.45, 7) is 3.60. The number of hydrogen-bond acceptors (Lipinski definition) is 4. The number of rotatable bonds is 5. The minimum atomic E-state index is -0.355. The van der Waals surface area contributed by atoms with Gasteiger partial charge in [0.05, 0.1) is 17.4 Å². The molecule has 1 aromatic rings. The molecule has 0 atom stereocenters. The Morgan fingerprint density at radius 2 is 1.89 bits per heavy atom. The first-order valence-electron chi connectivity index (χ1n) is 5.62. The van der Waals surface area contributed by atoms with Crippen LogP contribution in [0.15, 0.2) is 24.3 Å². The second kappa shape index (κ2) is 7.06. The predicted molar refractivity (Wildman–Crippen MR) is 74.0 cm³/mol. The topological polar surface area (TPSA) is 55.4 Å². The van der Waals surface area contributed by atoms with E-state index in [1.54, 1.807) is 38.1 Å². The maximum absolute atomic E-state index is 11.6. The molecular weight excluding hydrogens is 250 g/mol. The number of hydrogen-bond donors (Lipinski definition) is 1. The Kier molecular flexibility index (Phi) is 5.71. The number of carbonyl (C=O) groups excluding carboxylic acids is 2. The fraction of sp³-hybridized carbons (Fsp3) is 0.385. The van der Waals surface area contributed by atoms with Crippen LogP contribution >= 0.6 is 11.8 Å². The molecular formula is C13H17NO3S. The molecule has 1 rings (SSSR count). The molecule has 0 saturated carbocycles. The van der Waals surface area contributed by atoms with Gasteiger partial charge in [-0.05, 0) is 44.4 Å². The summed E-state index contributed by atoms with van der Waals surface area (Å²) >= 11 is 1.46. The van der Waals surface area contributed by atoms with Gasteiger partial charge in [-0.25, -0.2) is 4.79 Å². The smallest absolute Gasteiger partial charge is 0.338 e. The van der Waals surface area contributed by atoms with Crippen LogP contribution in [0.5, 0.6) is 0 Å². The Bertz CT molecular complexity index is 415. The van der Waals surface area contributed by atoms with Crippen LogP contribution < -0.4 is 5.32 Å². The Labute approximate surface area is 111 Å². The van der Waals surface area contributed by atoms with E-state index in [1.165, 1.54) is 11.8 Å². The monoisotopic (exact) mass is 267 g/mol. The van der Waals surface area contributed by atoms with Gasteiger partial charge in [-0.3, -0.25) is 4.79 Å². The Morgan fingerprint density at radius 3 is 2.39 bits per heavy atom. The molecule has 0 aliphatic heterocycles.